The summed E-state index contributed by atoms with van der Waals surface area (Å²) in [6.45, 7) is 3.39. The van der Waals surface area contributed by atoms with Crippen molar-refractivity contribution in [1.29, 1.82) is 0 Å². The Morgan fingerprint density at radius 3 is 2.36 bits per heavy atom. The molecule has 0 unspecified atom stereocenters. The fraction of sp³-hybridized carbons (Fsp3) is 0.409. The van der Waals surface area contributed by atoms with Crippen molar-refractivity contribution < 1.29 is 12.8 Å². The second-order valence-corrected chi connectivity index (χ2v) is 10.1. The van der Waals surface area contributed by atoms with Crippen molar-refractivity contribution >= 4 is 10.0 Å². The minimum Gasteiger partial charge on any atom is -0.314 e. The van der Waals surface area contributed by atoms with Crippen molar-refractivity contribution in [3.63, 3.8) is 0 Å². The predicted molar refractivity (Wildman–Crippen MR) is 121 cm³/mol. The lowest BCUT2D eigenvalue weighted by Crippen LogP contribution is -2.58. The van der Waals surface area contributed by atoms with Gasteiger partial charge in [-0.2, -0.15) is 5.21 Å². The number of halogens is 1. The number of alkyl halides is 1. The second-order valence-electron chi connectivity index (χ2n) is 8.63. The Kier molecular flexibility index (Phi) is 5.95. The first-order valence-electron chi connectivity index (χ1n) is 11.0. The van der Waals surface area contributed by atoms with Gasteiger partial charge < -0.3 is 5.32 Å². The van der Waals surface area contributed by atoms with E-state index in [1.165, 1.54) is 11.6 Å². The maximum Gasteiger partial charge on any atom is 0.239 e. The molecule has 0 saturated carbocycles. The molecule has 1 aromatic heterocycles. The van der Waals surface area contributed by atoms with E-state index in [0.29, 0.717) is 17.5 Å². The van der Waals surface area contributed by atoms with Gasteiger partial charge in [-0.1, -0.05) is 36.4 Å². The minimum absolute atomic E-state index is 0.0360. The van der Waals surface area contributed by atoms with Crippen LogP contribution in [0.15, 0.2) is 41.3 Å². The largest absolute Gasteiger partial charge is 0.314 e. The SMILES string of the molecule is NS(=O)(=O)c1c(CF)ccc(-c2ccc(C3CCN(C4CNC4)CC3)cc2)c1-c1nn[nH]n1. The first kappa shape index (κ1) is 22.1. The number of nitrogens with one attached hydrogen (secondary N) is 2. The maximum atomic E-state index is 13.6. The molecular formula is C22H26FN7O2S. The highest BCUT2D eigenvalue weighted by molar-refractivity contribution is 7.89. The summed E-state index contributed by atoms with van der Waals surface area (Å²) in [5, 5.41) is 22.6. The molecule has 0 radical (unpaired) electrons. The maximum absolute atomic E-state index is 13.6. The van der Waals surface area contributed by atoms with E-state index >= 15 is 0 Å². The zero-order valence-electron chi connectivity index (χ0n) is 18.0. The normalized spacial score (nSPS) is 18.4. The van der Waals surface area contributed by atoms with E-state index in [1.807, 2.05) is 12.1 Å². The number of piperidine rings is 1. The zero-order valence-corrected chi connectivity index (χ0v) is 18.9. The number of aromatic amines is 1. The van der Waals surface area contributed by atoms with Crippen LogP contribution in [0.4, 0.5) is 4.39 Å². The quantitative estimate of drug-likeness (QED) is 0.500. The topological polar surface area (TPSA) is 130 Å². The summed E-state index contributed by atoms with van der Waals surface area (Å²) in [6.07, 6.45) is 2.23. The van der Waals surface area contributed by atoms with Gasteiger partial charge >= 0.3 is 0 Å². The molecule has 0 aliphatic carbocycles. The molecule has 4 N–H and O–H groups in total. The summed E-state index contributed by atoms with van der Waals surface area (Å²) in [4.78, 5) is 2.26. The molecule has 5 rings (SSSR count). The van der Waals surface area contributed by atoms with Crippen molar-refractivity contribution in [2.75, 3.05) is 26.2 Å². The first-order chi connectivity index (χ1) is 16.0. The second kappa shape index (κ2) is 8.90. The van der Waals surface area contributed by atoms with Crippen LogP contribution in [0.25, 0.3) is 22.5 Å². The van der Waals surface area contributed by atoms with E-state index in [1.54, 1.807) is 6.07 Å². The van der Waals surface area contributed by atoms with Crippen LogP contribution < -0.4 is 10.5 Å². The summed E-state index contributed by atoms with van der Waals surface area (Å²) < 4.78 is 38.4. The van der Waals surface area contributed by atoms with Crippen molar-refractivity contribution in [3.05, 3.63) is 47.5 Å². The van der Waals surface area contributed by atoms with Crippen molar-refractivity contribution in [2.45, 2.75) is 36.4 Å². The van der Waals surface area contributed by atoms with Gasteiger partial charge in [0, 0.05) is 24.7 Å². The van der Waals surface area contributed by atoms with E-state index < -0.39 is 16.7 Å². The van der Waals surface area contributed by atoms with Crippen molar-refractivity contribution in [3.8, 4) is 22.5 Å². The third kappa shape index (κ3) is 4.29. The number of primary sulfonamides is 1. The number of hydrogen-bond donors (Lipinski definition) is 3. The summed E-state index contributed by atoms with van der Waals surface area (Å²) in [5.41, 5.74) is 2.70. The Morgan fingerprint density at radius 1 is 1.09 bits per heavy atom. The average Bonchev–Trinajstić information content (AvgIpc) is 3.32. The summed E-state index contributed by atoms with van der Waals surface area (Å²) in [7, 11) is -4.24. The van der Waals surface area contributed by atoms with Crippen LogP contribution >= 0.6 is 0 Å². The molecule has 2 aromatic carbocycles. The Labute approximate surface area is 191 Å². The van der Waals surface area contributed by atoms with Crippen molar-refractivity contribution in [2.24, 2.45) is 5.14 Å². The summed E-state index contributed by atoms with van der Waals surface area (Å²) in [5.74, 6) is 0.542. The van der Waals surface area contributed by atoms with Gasteiger partial charge in [-0.25, -0.2) is 17.9 Å². The minimum atomic E-state index is -4.24. The first-order valence-corrected chi connectivity index (χ1v) is 12.5. The van der Waals surface area contributed by atoms with E-state index in [-0.39, 0.29) is 21.8 Å². The molecule has 11 heteroatoms. The van der Waals surface area contributed by atoms with Gasteiger partial charge in [-0.05, 0) is 53.8 Å². The standard InChI is InChI=1S/C22H26FN7O2S/c23-11-17-5-6-19(20(21(17)33(24,31)32)22-26-28-29-27-22)16-3-1-14(2-4-16)15-7-9-30(10-8-15)18-12-25-13-18/h1-6,15,18,25H,7-13H2,(H2,24,31,32)(H,26,27,28,29). The third-order valence-corrected chi connectivity index (χ3v) is 7.77. The third-order valence-electron chi connectivity index (χ3n) is 6.74. The molecule has 9 nitrogen and oxygen atoms in total. The number of benzene rings is 2. The van der Waals surface area contributed by atoms with Gasteiger partial charge in [0.15, 0.2) is 0 Å². The van der Waals surface area contributed by atoms with E-state index in [9.17, 15) is 12.8 Å². The lowest BCUT2D eigenvalue weighted by molar-refractivity contribution is 0.113. The number of likely N-dealkylation sites (tertiary alicyclic amines) is 1. The van der Waals surface area contributed by atoms with Gasteiger partial charge in [0.1, 0.15) is 6.67 Å². The Balaban J connectivity index is 1.47. The molecule has 2 aliphatic rings. The average molecular weight is 472 g/mol. The van der Waals surface area contributed by atoms with Crippen LogP contribution in [0.5, 0.6) is 0 Å². The summed E-state index contributed by atoms with van der Waals surface area (Å²) in [6, 6.07) is 11.9. The van der Waals surface area contributed by atoms with Crippen LogP contribution in [0.1, 0.15) is 29.9 Å². The molecule has 0 spiro atoms. The lowest BCUT2D eigenvalue weighted by Gasteiger charge is -2.42. The molecule has 3 heterocycles. The highest BCUT2D eigenvalue weighted by Gasteiger charge is 2.29. The Hall–Kier alpha value is -2.73. The fourth-order valence-electron chi connectivity index (χ4n) is 4.85. The van der Waals surface area contributed by atoms with Crippen LogP contribution in [0.3, 0.4) is 0 Å². The van der Waals surface area contributed by atoms with Crippen LogP contribution in [0.2, 0.25) is 0 Å². The molecule has 174 valence electrons. The van der Waals surface area contributed by atoms with Gasteiger partial charge in [0.05, 0.1) is 10.5 Å². The Bertz CT molecular complexity index is 1220. The number of tetrazole rings is 1. The van der Waals surface area contributed by atoms with Gasteiger partial charge in [-0.3, -0.25) is 4.90 Å². The number of rotatable bonds is 6. The van der Waals surface area contributed by atoms with E-state index in [0.717, 1.165) is 44.6 Å². The molecule has 0 amide bonds. The smallest absolute Gasteiger partial charge is 0.239 e. The number of nitrogens with two attached hydrogens (primary N) is 1. The van der Waals surface area contributed by atoms with Crippen molar-refractivity contribution in [1.82, 2.24) is 30.8 Å². The predicted octanol–water partition coefficient (Wildman–Crippen LogP) is 1.80. The highest BCUT2D eigenvalue weighted by Crippen LogP contribution is 2.38. The molecule has 2 saturated heterocycles. The molecule has 3 aromatic rings. The number of aromatic nitrogens is 4. The Morgan fingerprint density at radius 2 is 1.82 bits per heavy atom. The fourth-order valence-corrected chi connectivity index (χ4v) is 5.82. The lowest BCUT2D eigenvalue weighted by atomic mass is 9.87. The van der Waals surface area contributed by atoms with Crippen LogP contribution in [0, 0.1) is 0 Å². The number of nitrogens with zero attached hydrogens (tertiary/aromatic N) is 4. The van der Waals surface area contributed by atoms with Gasteiger partial charge in [-0.15, -0.1) is 10.2 Å². The van der Waals surface area contributed by atoms with Gasteiger partial charge in [0.2, 0.25) is 15.8 Å². The van der Waals surface area contributed by atoms with E-state index in [4.69, 9.17) is 5.14 Å². The molecule has 2 aliphatic heterocycles. The van der Waals surface area contributed by atoms with Gasteiger partial charge in [0.25, 0.3) is 0 Å². The molecule has 2 fully saturated rings. The highest BCUT2D eigenvalue weighted by atomic mass is 32.2. The number of H-pyrrole nitrogens is 1. The van der Waals surface area contributed by atoms with E-state index in [2.05, 4.69) is 43.0 Å². The number of sulfonamides is 1. The molecule has 0 bridgehead atoms. The van der Waals surface area contributed by atoms with Crippen LogP contribution in [-0.2, 0) is 16.7 Å². The molecule has 33 heavy (non-hydrogen) atoms. The molecule has 0 atom stereocenters. The zero-order chi connectivity index (χ0) is 23.0. The number of hydrogen-bond acceptors (Lipinski definition) is 7. The summed E-state index contributed by atoms with van der Waals surface area (Å²) >= 11 is 0. The monoisotopic (exact) mass is 471 g/mol. The molecular weight excluding hydrogens is 445 g/mol. The van der Waals surface area contributed by atoms with Crippen LogP contribution in [-0.4, -0.2) is 66.2 Å².